The topological polar surface area (TPSA) is 55.1 Å². The van der Waals surface area contributed by atoms with Crippen LogP contribution in [0, 0.1) is 0 Å². The van der Waals surface area contributed by atoms with Crippen molar-refractivity contribution in [3.05, 3.63) is 35.9 Å². The van der Waals surface area contributed by atoms with E-state index in [0.29, 0.717) is 0 Å². The van der Waals surface area contributed by atoms with Gasteiger partial charge in [0.25, 0.3) is 0 Å². The second-order valence-electron chi connectivity index (χ2n) is 4.49. The van der Waals surface area contributed by atoms with Gasteiger partial charge in [-0.05, 0) is 24.7 Å². The molecule has 1 aromatic carbocycles. The van der Waals surface area contributed by atoms with Crippen LogP contribution in [0.1, 0.15) is 24.4 Å². The van der Waals surface area contributed by atoms with E-state index in [2.05, 4.69) is 11.6 Å². The van der Waals surface area contributed by atoms with Crippen LogP contribution in [0.3, 0.4) is 0 Å². The second kappa shape index (κ2) is 5.10. The number of amides is 1. The van der Waals surface area contributed by atoms with Crippen molar-refractivity contribution < 1.29 is 4.79 Å². The summed E-state index contributed by atoms with van der Waals surface area (Å²) < 4.78 is 0.284. The maximum Gasteiger partial charge on any atom is 0.241 e. The molecule has 0 saturated heterocycles. The van der Waals surface area contributed by atoms with Gasteiger partial charge >= 0.3 is 0 Å². The molecule has 0 bridgehead atoms. The highest BCUT2D eigenvalue weighted by atomic mass is 32.2. The first-order valence-electron chi connectivity index (χ1n) is 5.80. The van der Waals surface area contributed by atoms with Crippen LogP contribution in [0.2, 0.25) is 0 Å². The molecule has 2 rings (SSSR count). The van der Waals surface area contributed by atoms with Crippen LogP contribution in [0.25, 0.3) is 0 Å². The van der Waals surface area contributed by atoms with Gasteiger partial charge < -0.3 is 11.1 Å². The van der Waals surface area contributed by atoms with Crippen molar-refractivity contribution in [3.63, 3.8) is 0 Å². The molecule has 0 radical (unpaired) electrons. The molecular weight excluding hydrogens is 232 g/mol. The third-order valence-corrected chi connectivity index (χ3v) is 4.69. The average molecular weight is 250 g/mol. The van der Waals surface area contributed by atoms with E-state index in [0.717, 1.165) is 12.1 Å². The van der Waals surface area contributed by atoms with Gasteiger partial charge in [0, 0.05) is 11.3 Å². The molecule has 3 N–H and O–H groups in total. The zero-order valence-electron chi connectivity index (χ0n) is 9.98. The molecule has 1 amide bonds. The van der Waals surface area contributed by atoms with Crippen molar-refractivity contribution in [1.29, 1.82) is 0 Å². The summed E-state index contributed by atoms with van der Waals surface area (Å²) in [7, 11) is 0. The third-order valence-electron chi connectivity index (χ3n) is 3.27. The summed E-state index contributed by atoms with van der Waals surface area (Å²) in [6.07, 6.45) is 4.47. The molecule has 0 aliphatic heterocycles. The lowest BCUT2D eigenvalue weighted by atomic mass is 10.1. The fourth-order valence-corrected chi connectivity index (χ4v) is 2.49. The van der Waals surface area contributed by atoms with Gasteiger partial charge in [0.05, 0.1) is 0 Å². The summed E-state index contributed by atoms with van der Waals surface area (Å²) in [6.45, 7) is 0.730. The Morgan fingerprint density at radius 3 is 2.65 bits per heavy atom. The molecule has 1 atom stereocenters. The number of hydrogen-bond donors (Lipinski definition) is 2. The Bertz CT molecular complexity index is 390. The van der Waals surface area contributed by atoms with Crippen molar-refractivity contribution in [3.8, 4) is 0 Å². The monoisotopic (exact) mass is 250 g/mol. The standard InChI is InChI=1S/C13H18N2OS/c1-17-13(7-8-13)9-15-12(16)11(14)10-5-3-2-4-6-10/h2-6,11H,7-9,14H2,1H3,(H,15,16)/t11-/m0/s1. The number of carbonyl (C=O) groups is 1. The SMILES string of the molecule is CSC1(CNC(=O)[C@@H](N)c2ccccc2)CC1. The fourth-order valence-electron chi connectivity index (χ4n) is 1.76. The van der Waals surface area contributed by atoms with E-state index in [4.69, 9.17) is 5.73 Å². The Morgan fingerprint density at radius 1 is 1.47 bits per heavy atom. The largest absolute Gasteiger partial charge is 0.353 e. The number of thioether (sulfide) groups is 1. The number of rotatable bonds is 5. The first kappa shape index (κ1) is 12.5. The average Bonchev–Trinajstić information content (AvgIpc) is 3.17. The van der Waals surface area contributed by atoms with E-state index in [-0.39, 0.29) is 10.7 Å². The van der Waals surface area contributed by atoms with Crippen molar-refractivity contribution >= 4 is 17.7 Å². The van der Waals surface area contributed by atoms with E-state index >= 15 is 0 Å². The number of nitrogens with two attached hydrogens (primary N) is 1. The third kappa shape index (κ3) is 3.01. The highest BCUT2D eigenvalue weighted by Crippen LogP contribution is 2.46. The minimum atomic E-state index is -0.561. The second-order valence-corrected chi connectivity index (χ2v) is 5.77. The van der Waals surface area contributed by atoms with Gasteiger partial charge in [0.1, 0.15) is 6.04 Å². The van der Waals surface area contributed by atoms with Crippen LogP contribution in [0.5, 0.6) is 0 Å². The van der Waals surface area contributed by atoms with E-state index in [1.807, 2.05) is 42.1 Å². The van der Waals surface area contributed by atoms with Crippen LogP contribution in [-0.2, 0) is 4.79 Å². The molecule has 1 aliphatic carbocycles. The van der Waals surface area contributed by atoms with Crippen LogP contribution in [-0.4, -0.2) is 23.5 Å². The molecule has 0 unspecified atom stereocenters. The summed E-state index contributed by atoms with van der Waals surface area (Å²) in [5, 5.41) is 2.95. The molecule has 3 nitrogen and oxygen atoms in total. The van der Waals surface area contributed by atoms with Crippen molar-refractivity contribution in [1.82, 2.24) is 5.32 Å². The molecule has 1 saturated carbocycles. The van der Waals surface area contributed by atoms with Gasteiger partial charge in [-0.25, -0.2) is 0 Å². The lowest BCUT2D eigenvalue weighted by Crippen LogP contribution is -2.38. The lowest BCUT2D eigenvalue weighted by Gasteiger charge is -2.16. The van der Waals surface area contributed by atoms with Crippen LogP contribution < -0.4 is 11.1 Å². The summed E-state index contributed by atoms with van der Waals surface area (Å²) in [5.74, 6) is -0.0866. The van der Waals surface area contributed by atoms with Gasteiger partial charge in [-0.15, -0.1) is 0 Å². The highest BCUT2D eigenvalue weighted by molar-refractivity contribution is 8.00. The van der Waals surface area contributed by atoms with E-state index in [9.17, 15) is 4.79 Å². The molecular formula is C13H18N2OS. The predicted molar refractivity (Wildman–Crippen MR) is 71.9 cm³/mol. The summed E-state index contributed by atoms with van der Waals surface area (Å²) in [5.41, 5.74) is 6.77. The Hall–Kier alpha value is -1.00. The minimum absolute atomic E-state index is 0.0866. The zero-order chi connectivity index (χ0) is 12.3. The molecule has 0 spiro atoms. The summed E-state index contributed by atoms with van der Waals surface area (Å²) >= 11 is 1.83. The van der Waals surface area contributed by atoms with Gasteiger partial charge in [-0.3, -0.25) is 4.79 Å². The Kier molecular flexibility index (Phi) is 3.74. The summed E-state index contributed by atoms with van der Waals surface area (Å²) in [6, 6.07) is 8.91. The number of benzene rings is 1. The normalized spacial score (nSPS) is 18.5. The maximum absolute atomic E-state index is 11.9. The quantitative estimate of drug-likeness (QED) is 0.836. The van der Waals surface area contributed by atoms with Gasteiger partial charge in [0.15, 0.2) is 0 Å². The van der Waals surface area contributed by atoms with Crippen LogP contribution >= 0.6 is 11.8 Å². The first-order valence-corrected chi connectivity index (χ1v) is 7.03. The van der Waals surface area contributed by atoms with E-state index < -0.39 is 6.04 Å². The molecule has 1 fully saturated rings. The first-order chi connectivity index (χ1) is 8.17. The Labute approximate surface area is 106 Å². The van der Waals surface area contributed by atoms with Crippen molar-refractivity contribution in [2.24, 2.45) is 5.73 Å². The van der Waals surface area contributed by atoms with Crippen molar-refractivity contribution in [2.75, 3.05) is 12.8 Å². The molecule has 1 aromatic rings. The van der Waals surface area contributed by atoms with Gasteiger partial charge in [0.2, 0.25) is 5.91 Å². The molecule has 17 heavy (non-hydrogen) atoms. The summed E-state index contributed by atoms with van der Waals surface area (Å²) in [4.78, 5) is 11.9. The lowest BCUT2D eigenvalue weighted by molar-refractivity contribution is -0.122. The Balaban J connectivity index is 1.88. The fraction of sp³-hybridized carbons (Fsp3) is 0.462. The van der Waals surface area contributed by atoms with Crippen LogP contribution in [0.15, 0.2) is 30.3 Å². The Morgan fingerprint density at radius 2 is 2.12 bits per heavy atom. The smallest absolute Gasteiger partial charge is 0.241 e. The van der Waals surface area contributed by atoms with Crippen molar-refractivity contribution in [2.45, 2.75) is 23.6 Å². The predicted octanol–water partition coefficient (Wildman–Crippen LogP) is 1.70. The van der Waals surface area contributed by atoms with Gasteiger partial charge in [-0.2, -0.15) is 11.8 Å². The molecule has 92 valence electrons. The number of hydrogen-bond acceptors (Lipinski definition) is 3. The highest BCUT2D eigenvalue weighted by Gasteiger charge is 2.42. The number of nitrogens with one attached hydrogen (secondary N) is 1. The molecule has 4 heteroatoms. The molecule has 0 aromatic heterocycles. The molecule has 1 aliphatic rings. The number of carbonyl (C=O) groups excluding carboxylic acids is 1. The van der Waals surface area contributed by atoms with E-state index in [1.165, 1.54) is 12.8 Å². The van der Waals surface area contributed by atoms with Crippen LogP contribution in [0.4, 0.5) is 0 Å². The minimum Gasteiger partial charge on any atom is -0.353 e. The zero-order valence-corrected chi connectivity index (χ0v) is 10.8. The van der Waals surface area contributed by atoms with E-state index in [1.54, 1.807) is 0 Å². The molecule has 0 heterocycles. The van der Waals surface area contributed by atoms with Gasteiger partial charge in [-0.1, -0.05) is 30.3 Å². The maximum atomic E-state index is 11.9.